The first-order valence-electron chi connectivity index (χ1n) is 4.68. The van der Waals surface area contributed by atoms with Crippen molar-refractivity contribution in [1.29, 1.82) is 5.41 Å². The van der Waals surface area contributed by atoms with E-state index in [1.807, 2.05) is 6.92 Å². The van der Waals surface area contributed by atoms with Crippen molar-refractivity contribution in [2.45, 2.75) is 18.7 Å². The largest absolute Gasteiger partial charge is 0.288 e. The van der Waals surface area contributed by atoms with Gasteiger partial charge >= 0.3 is 0 Å². The number of nitrogens with one attached hydrogen (secondary N) is 1. The molecule has 86 valence electrons. The molecule has 0 atom stereocenters. The summed E-state index contributed by atoms with van der Waals surface area (Å²) in [6.07, 6.45) is 1.12. The van der Waals surface area contributed by atoms with E-state index in [-0.39, 0.29) is 10.7 Å². The Morgan fingerprint density at radius 1 is 1.38 bits per heavy atom. The maximum Gasteiger partial charge on any atom is 0.269 e. The van der Waals surface area contributed by atoms with Gasteiger partial charge in [-0.15, -0.1) is 0 Å². The van der Waals surface area contributed by atoms with E-state index in [2.05, 4.69) is 6.58 Å². The summed E-state index contributed by atoms with van der Waals surface area (Å²) in [5.41, 5.74) is 0.982. The molecule has 0 bridgehead atoms. The molecule has 0 heterocycles. The van der Waals surface area contributed by atoms with E-state index in [9.17, 15) is 8.42 Å². The number of hydrogen-bond acceptors (Lipinski definition) is 3. The number of nitrogens with zero attached hydrogens (tertiary/aromatic N) is 1. The lowest BCUT2D eigenvalue weighted by molar-refractivity contribution is 0.562. The predicted molar refractivity (Wildman–Crippen MR) is 63.8 cm³/mol. The van der Waals surface area contributed by atoms with E-state index < -0.39 is 10.0 Å². The van der Waals surface area contributed by atoms with Crippen molar-refractivity contribution in [2.24, 2.45) is 0 Å². The van der Waals surface area contributed by atoms with Gasteiger partial charge in [-0.05, 0) is 26.0 Å². The fraction of sp³-hybridized carbons (Fsp3) is 0.182. The SMILES string of the molecule is C=CN(C(C)=N)S(=O)(=O)c1ccc(C)cc1. The van der Waals surface area contributed by atoms with Gasteiger partial charge in [-0.3, -0.25) is 5.41 Å². The molecule has 0 fully saturated rings. The molecular formula is C11H14N2O2S. The van der Waals surface area contributed by atoms with E-state index in [1.54, 1.807) is 12.1 Å². The normalized spacial score (nSPS) is 10.9. The maximum absolute atomic E-state index is 12.0. The minimum absolute atomic E-state index is 0.0874. The Labute approximate surface area is 95.8 Å². The smallest absolute Gasteiger partial charge is 0.269 e. The van der Waals surface area contributed by atoms with Crippen LogP contribution in [0.1, 0.15) is 12.5 Å². The van der Waals surface area contributed by atoms with Crippen LogP contribution in [0.3, 0.4) is 0 Å². The molecule has 1 N–H and O–H groups in total. The summed E-state index contributed by atoms with van der Waals surface area (Å²) < 4.78 is 24.9. The number of hydrogen-bond donors (Lipinski definition) is 1. The highest BCUT2D eigenvalue weighted by atomic mass is 32.2. The van der Waals surface area contributed by atoms with Crippen molar-refractivity contribution in [3.05, 3.63) is 42.6 Å². The Balaban J connectivity index is 3.25. The van der Waals surface area contributed by atoms with Crippen LogP contribution in [0.25, 0.3) is 0 Å². The van der Waals surface area contributed by atoms with Gasteiger partial charge in [0.2, 0.25) is 0 Å². The molecule has 0 saturated heterocycles. The monoisotopic (exact) mass is 238 g/mol. The van der Waals surface area contributed by atoms with Crippen LogP contribution < -0.4 is 0 Å². The first kappa shape index (κ1) is 12.4. The molecule has 1 rings (SSSR count). The van der Waals surface area contributed by atoms with Crippen LogP contribution in [0.15, 0.2) is 41.9 Å². The molecule has 5 heteroatoms. The van der Waals surface area contributed by atoms with Crippen molar-refractivity contribution >= 4 is 15.9 Å². The van der Waals surface area contributed by atoms with Crippen LogP contribution >= 0.6 is 0 Å². The third-order valence-corrected chi connectivity index (χ3v) is 3.88. The summed E-state index contributed by atoms with van der Waals surface area (Å²) in [5, 5.41) is 7.37. The molecule has 1 aromatic rings. The first-order valence-corrected chi connectivity index (χ1v) is 6.12. The summed E-state index contributed by atoms with van der Waals surface area (Å²) in [6.45, 7) is 6.67. The Morgan fingerprint density at radius 2 is 1.88 bits per heavy atom. The second-order valence-corrected chi connectivity index (χ2v) is 5.20. The maximum atomic E-state index is 12.0. The molecule has 16 heavy (non-hydrogen) atoms. The third kappa shape index (κ3) is 2.30. The highest BCUT2D eigenvalue weighted by Gasteiger charge is 2.22. The number of amidine groups is 1. The molecule has 0 unspecified atom stereocenters. The van der Waals surface area contributed by atoms with Gasteiger partial charge in [0.15, 0.2) is 0 Å². The highest BCUT2D eigenvalue weighted by Crippen LogP contribution is 2.16. The second kappa shape index (κ2) is 4.49. The highest BCUT2D eigenvalue weighted by molar-refractivity contribution is 7.89. The molecule has 0 aromatic heterocycles. The Bertz CT molecular complexity index is 503. The van der Waals surface area contributed by atoms with Crippen molar-refractivity contribution < 1.29 is 8.42 Å². The van der Waals surface area contributed by atoms with Crippen molar-refractivity contribution in [1.82, 2.24) is 4.31 Å². The molecular weight excluding hydrogens is 224 g/mol. The molecule has 0 aliphatic heterocycles. The molecule has 0 radical (unpaired) electrons. The fourth-order valence-corrected chi connectivity index (χ4v) is 2.50. The lowest BCUT2D eigenvalue weighted by atomic mass is 10.2. The van der Waals surface area contributed by atoms with E-state index in [0.717, 1.165) is 16.1 Å². The number of rotatable bonds is 3. The van der Waals surface area contributed by atoms with Crippen LogP contribution in [-0.2, 0) is 10.0 Å². The van der Waals surface area contributed by atoms with E-state index in [1.165, 1.54) is 19.1 Å². The number of benzene rings is 1. The van der Waals surface area contributed by atoms with E-state index >= 15 is 0 Å². The van der Waals surface area contributed by atoms with Gasteiger partial charge in [-0.1, -0.05) is 24.3 Å². The second-order valence-electron chi connectivity index (χ2n) is 3.38. The number of sulfonamides is 1. The average molecular weight is 238 g/mol. The van der Waals surface area contributed by atoms with E-state index in [4.69, 9.17) is 5.41 Å². The Kier molecular flexibility index (Phi) is 3.49. The quantitative estimate of drug-likeness (QED) is 0.647. The zero-order valence-electron chi connectivity index (χ0n) is 9.27. The van der Waals surface area contributed by atoms with Gasteiger partial charge in [-0.2, -0.15) is 0 Å². The van der Waals surface area contributed by atoms with E-state index in [0.29, 0.717) is 0 Å². The van der Waals surface area contributed by atoms with Crippen LogP contribution in [-0.4, -0.2) is 18.6 Å². The van der Waals surface area contributed by atoms with Gasteiger partial charge in [0.1, 0.15) is 5.84 Å². The molecule has 4 nitrogen and oxygen atoms in total. The van der Waals surface area contributed by atoms with Gasteiger partial charge < -0.3 is 0 Å². The number of aryl methyl sites for hydroxylation is 1. The molecule has 0 spiro atoms. The van der Waals surface area contributed by atoms with Gasteiger partial charge in [0.25, 0.3) is 10.0 Å². The van der Waals surface area contributed by atoms with Crippen molar-refractivity contribution in [2.75, 3.05) is 0 Å². The zero-order valence-corrected chi connectivity index (χ0v) is 10.1. The van der Waals surface area contributed by atoms with Crippen LogP contribution in [0.4, 0.5) is 0 Å². The fourth-order valence-electron chi connectivity index (χ4n) is 1.24. The Hall–Kier alpha value is -1.62. The van der Waals surface area contributed by atoms with Gasteiger partial charge in [0.05, 0.1) is 4.90 Å². The van der Waals surface area contributed by atoms with Crippen molar-refractivity contribution in [3.63, 3.8) is 0 Å². The average Bonchev–Trinajstić information content (AvgIpc) is 2.18. The molecule has 0 aliphatic carbocycles. The zero-order chi connectivity index (χ0) is 12.3. The minimum atomic E-state index is -3.68. The standard InChI is InChI=1S/C11H14N2O2S/c1-4-13(10(3)12)16(14,15)11-7-5-9(2)6-8-11/h4-8,12H,1H2,2-3H3. The lowest BCUT2D eigenvalue weighted by Crippen LogP contribution is -2.29. The molecule has 0 amide bonds. The summed E-state index contributed by atoms with van der Waals surface area (Å²) in [6, 6.07) is 6.47. The lowest BCUT2D eigenvalue weighted by Gasteiger charge is -2.18. The van der Waals surface area contributed by atoms with Gasteiger partial charge in [0, 0.05) is 6.20 Å². The predicted octanol–water partition coefficient (Wildman–Crippen LogP) is 2.13. The summed E-state index contributed by atoms with van der Waals surface area (Å²) in [4.78, 5) is 0.157. The minimum Gasteiger partial charge on any atom is -0.288 e. The summed E-state index contributed by atoms with van der Waals surface area (Å²) in [7, 11) is -3.68. The first-order chi connectivity index (χ1) is 7.39. The summed E-state index contributed by atoms with van der Waals surface area (Å²) in [5.74, 6) is -0.0874. The summed E-state index contributed by atoms with van der Waals surface area (Å²) >= 11 is 0. The third-order valence-electron chi connectivity index (χ3n) is 2.07. The van der Waals surface area contributed by atoms with Gasteiger partial charge in [-0.25, -0.2) is 12.7 Å². The molecule has 0 saturated carbocycles. The van der Waals surface area contributed by atoms with Crippen LogP contribution in [0.2, 0.25) is 0 Å². The Morgan fingerprint density at radius 3 is 2.25 bits per heavy atom. The molecule has 0 aliphatic rings. The topological polar surface area (TPSA) is 61.2 Å². The van der Waals surface area contributed by atoms with Crippen LogP contribution in [0, 0.1) is 12.3 Å². The van der Waals surface area contributed by atoms with Crippen molar-refractivity contribution in [3.8, 4) is 0 Å². The molecule has 1 aromatic carbocycles. The van der Waals surface area contributed by atoms with Crippen LogP contribution in [0.5, 0.6) is 0 Å².